The first kappa shape index (κ1) is 28.5. The minimum Gasteiger partial charge on any atom is -0.414 e. The molecule has 2 aliphatic rings. The predicted molar refractivity (Wildman–Crippen MR) is 139 cm³/mol. The highest BCUT2D eigenvalue weighted by Gasteiger charge is 2.67. The van der Waals surface area contributed by atoms with E-state index in [1.807, 2.05) is 6.92 Å². The molecule has 0 saturated carbocycles. The van der Waals surface area contributed by atoms with Crippen LogP contribution in [0.15, 0.2) is 17.3 Å². The van der Waals surface area contributed by atoms with Gasteiger partial charge in [0.15, 0.2) is 28.5 Å². The van der Waals surface area contributed by atoms with Crippen LogP contribution < -0.4 is 5.73 Å². The Labute approximate surface area is 211 Å². The van der Waals surface area contributed by atoms with Crippen molar-refractivity contribution in [2.45, 2.75) is 109 Å². The van der Waals surface area contributed by atoms with Gasteiger partial charge in [-0.2, -0.15) is 8.42 Å². The minimum absolute atomic E-state index is 0.0457. The van der Waals surface area contributed by atoms with Gasteiger partial charge in [0.2, 0.25) is 0 Å². The Morgan fingerprint density at radius 2 is 1.69 bits per heavy atom. The van der Waals surface area contributed by atoms with Gasteiger partial charge in [-0.05, 0) is 43.2 Å². The van der Waals surface area contributed by atoms with E-state index in [0.717, 1.165) is 5.41 Å². The Balaban J connectivity index is 2.13. The summed E-state index contributed by atoms with van der Waals surface area (Å²) in [7, 11) is -8.71. The Bertz CT molecular complexity index is 1090. The molecule has 35 heavy (non-hydrogen) atoms. The number of hydrogen-bond donors (Lipinski definition) is 1. The van der Waals surface area contributed by atoms with Crippen LogP contribution in [-0.2, 0) is 27.9 Å². The number of nitrogens with two attached hydrogens (primary N) is 1. The number of aryl methyl sites for hydroxylation is 1. The van der Waals surface area contributed by atoms with Gasteiger partial charge in [-0.25, -0.2) is 8.86 Å². The third kappa shape index (κ3) is 5.18. The van der Waals surface area contributed by atoms with E-state index in [0.29, 0.717) is 5.69 Å². The molecule has 1 aromatic heterocycles. The Morgan fingerprint density at radius 1 is 1.11 bits per heavy atom. The average molecular weight is 547 g/mol. The summed E-state index contributed by atoms with van der Waals surface area (Å²) in [5, 5.41) is 9.07. The van der Waals surface area contributed by atoms with Crippen molar-refractivity contribution in [1.82, 2.24) is 15.0 Å². The van der Waals surface area contributed by atoms with Crippen LogP contribution in [0.1, 0.15) is 53.5 Å². The predicted octanol–water partition coefficient (Wildman–Crippen LogP) is 3.80. The highest BCUT2D eigenvalue weighted by molar-refractivity contribution is 7.90. The van der Waals surface area contributed by atoms with E-state index in [1.54, 1.807) is 10.9 Å². The maximum Gasteiger partial charge on any atom is 0.292 e. The average Bonchev–Trinajstić information content (AvgIpc) is 3.27. The van der Waals surface area contributed by atoms with Crippen LogP contribution in [0.3, 0.4) is 0 Å². The van der Waals surface area contributed by atoms with E-state index in [1.165, 1.54) is 0 Å². The molecule has 4 unspecified atom stereocenters. The third-order valence-corrected chi connectivity index (χ3v) is 18.0. The standard InChI is InChI=1S/C22H42N4O6SSi2/c1-15-12-26(25-24-15)19-18(31-35(10,11)21(5,6)7)22(16(23)14-33(27,28)32-22)17(30-19)13-29-34(8,9)20(2,3)4/h12,14,17-19H,13,23H2,1-11H3. The number of hydrogen-bond acceptors (Lipinski definition) is 9. The van der Waals surface area contributed by atoms with Crippen molar-refractivity contribution >= 4 is 26.8 Å². The number of nitrogens with zero attached hydrogens (tertiary/aromatic N) is 3. The molecule has 1 saturated heterocycles. The molecule has 0 aliphatic carbocycles. The molecule has 200 valence electrons. The summed E-state index contributed by atoms with van der Waals surface area (Å²) >= 11 is 0. The molecule has 3 heterocycles. The van der Waals surface area contributed by atoms with Crippen LogP contribution in [0, 0.1) is 6.92 Å². The van der Waals surface area contributed by atoms with E-state index in [9.17, 15) is 8.42 Å². The molecule has 0 aromatic carbocycles. The van der Waals surface area contributed by atoms with Gasteiger partial charge in [-0.3, -0.25) is 0 Å². The largest absolute Gasteiger partial charge is 0.414 e. The quantitative estimate of drug-likeness (QED) is 0.418. The monoisotopic (exact) mass is 546 g/mol. The molecular weight excluding hydrogens is 505 g/mol. The zero-order chi connectivity index (χ0) is 26.8. The van der Waals surface area contributed by atoms with Crippen molar-refractivity contribution in [1.29, 1.82) is 0 Å². The van der Waals surface area contributed by atoms with Crippen LogP contribution in [0.25, 0.3) is 0 Å². The zero-order valence-corrected chi connectivity index (χ0v) is 25.7. The minimum atomic E-state index is -4.05. The SMILES string of the molecule is Cc1cn(C2OC(CO[Si](C)(C)C(C)(C)C)C3(OS(=O)(=O)C=C3N)C2O[Si](C)(C)C(C)(C)C)nn1. The fourth-order valence-electron chi connectivity index (χ4n) is 3.69. The molecule has 2 N–H and O–H groups in total. The second kappa shape index (κ2) is 8.74. The van der Waals surface area contributed by atoms with Gasteiger partial charge in [-0.15, -0.1) is 5.10 Å². The van der Waals surface area contributed by atoms with Crippen molar-refractivity contribution in [2.24, 2.45) is 5.73 Å². The molecule has 10 nitrogen and oxygen atoms in total. The molecule has 1 spiro atoms. The Kier molecular flexibility index (Phi) is 7.11. The van der Waals surface area contributed by atoms with E-state index in [4.69, 9.17) is 23.5 Å². The van der Waals surface area contributed by atoms with Crippen molar-refractivity contribution in [3.05, 3.63) is 23.0 Å². The van der Waals surface area contributed by atoms with Crippen molar-refractivity contribution in [3.8, 4) is 0 Å². The van der Waals surface area contributed by atoms with Gasteiger partial charge >= 0.3 is 0 Å². The lowest BCUT2D eigenvalue weighted by Crippen LogP contribution is -2.59. The third-order valence-electron chi connectivity index (χ3n) is 7.96. The second-order valence-corrected chi connectivity index (χ2v) is 23.6. The molecule has 0 amide bonds. The maximum atomic E-state index is 12.7. The smallest absolute Gasteiger partial charge is 0.292 e. The summed E-state index contributed by atoms with van der Waals surface area (Å²) in [4.78, 5) is 0. The summed E-state index contributed by atoms with van der Waals surface area (Å²) in [6.45, 7) is 23.1. The molecule has 3 rings (SSSR count). The summed E-state index contributed by atoms with van der Waals surface area (Å²) in [5.41, 5.74) is 5.61. The fraction of sp³-hybridized carbons (Fsp3) is 0.818. The van der Waals surface area contributed by atoms with Gasteiger partial charge in [0.25, 0.3) is 10.1 Å². The van der Waals surface area contributed by atoms with E-state index in [2.05, 4.69) is 78.0 Å². The van der Waals surface area contributed by atoms with Crippen LogP contribution >= 0.6 is 0 Å². The summed E-state index contributed by atoms with van der Waals surface area (Å²) in [6.07, 6.45) is -0.792. The lowest BCUT2D eigenvalue weighted by Gasteiger charge is -2.43. The summed E-state index contributed by atoms with van der Waals surface area (Å²) in [5.74, 6) is 0. The first-order valence-electron chi connectivity index (χ1n) is 11.9. The second-order valence-electron chi connectivity index (χ2n) is 12.7. The molecule has 4 atom stereocenters. The molecule has 2 aliphatic heterocycles. The lowest BCUT2D eigenvalue weighted by atomic mass is 9.89. The van der Waals surface area contributed by atoms with Gasteiger partial charge < -0.3 is 19.3 Å². The fourth-order valence-corrected chi connectivity index (χ4v) is 7.20. The highest BCUT2D eigenvalue weighted by Crippen LogP contribution is 2.52. The zero-order valence-electron chi connectivity index (χ0n) is 22.9. The van der Waals surface area contributed by atoms with Crippen LogP contribution in [-0.4, -0.2) is 64.5 Å². The summed E-state index contributed by atoms with van der Waals surface area (Å²) in [6, 6.07) is 0. The number of ether oxygens (including phenoxy) is 1. The van der Waals surface area contributed by atoms with Crippen molar-refractivity contribution in [3.63, 3.8) is 0 Å². The van der Waals surface area contributed by atoms with Gasteiger partial charge in [0.05, 0.1) is 29.6 Å². The number of rotatable bonds is 6. The van der Waals surface area contributed by atoms with Gasteiger partial charge in [-0.1, -0.05) is 46.8 Å². The topological polar surface area (TPSA) is 128 Å². The maximum absolute atomic E-state index is 12.7. The number of aromatic nitrogens is 3. The molecule has 0 radical (unpaired) electrons. The van der Waals surface area contributed by atoms with Crippen LogP contribution in [0.5, 0.6) is 0 Å². The molecule has 1 aromatic rings. The van der Waals surface area contributed by atoms with E-state index in [-0.39, 0.29) is 22.4 Å². The molecular formula is C22H42N4O6SSi2. The summed E-state index contributed by atoms with van der Waals surface area (Å²) < 4.78 is 52.6. The highest BCUT2D eigenvalue weighted by atomic mass is 32.2. The van der Waals surface area contributed by atoms with E-state index < -0.39 is 50.8 Å². The first-order valence-corrected chi connectivity index (χ1v) is 19.2. The van der Waals surface area contributed by atoms with Crippen LogP contribution in [0.2, 0.25) is 36.3 Å². The van der Waals surface area contributed by atoms with Gasteiger partial charge in [0, 0.05) is 0 Å². The lowest BCUT2D eigenvalue weighted by molar-refractivity contribution is -0.0595. The molecule has 0 bridgehead atoms. The first-order chi connectivity index (χ1) is 15.6. The molecule has 1 fully saturated rings. The van der Waals surface area contributed by atoms with Gasteiger partial charge in [0.1, 0.15) is 12.2 Å². The Morgan fingerprint density at radius 3 is 2.11 bits per heavy atom. The Hall–Kier alpha value is -1.10. The normalized spacial score (nSPS) is 29.7. The van der Waals surface area contributed by atoms with Crippen molar-refractivity contribution in [2.75, 3.05) is 6.61 Å². The van der Waals surface area contributed by atoms with E-state index >= 15 is 0 Å². The van der Waals surface area contributed by atoms with Crippen molar-refractivity contribution < 1.29 is 26.2 Å². The van der Waals surface area contributed by atoms with Crippen LogP contribution in [0.4, 0.5) is 0 Å². The molecule has 13 heteroatoms.